The molecule has 0 aliphatic carbocycles. The number of aromatic carboxylic acids is 1. The summed E-state index contributed by atoms with van der Waals surface area (Å²) in [5, 5.41) is 12.5. The number of rotatable bonds is 4. The number of amides is 1. The van der Waals surface area contributed by atoms with Crippen molar-refractivity contribution in [1.82, 2.24) is 15.3 Å². The fourth-order valence-corrected chi connectivity index (χ4v) is 5.21. The van der Waals surface area contributed by atoms with Crippen LogP contribution < -0.4 is 15.1 Å². The Morgan fingerprint density at radius 1 is 1.19 bits per heavy atom. The van der Waals surface area contributed by atoms with Crippen molar-refractivity contribution < 1.29 is 19.4 Å². The number of aromatic nitrogens is 2. The number of nitrogens with one attached hydrogen (secondary N) is 1. The molecule has 1 fully saturated rings. The van der Waals surface area contributed by atoms with E-state index in [9.17, 15) is 14.7 Å². The van der Waals surface area contributed by atoms with Gasteiger partial charge in [-0.2, -0.15) is 0 Å². The van der Waals surface area contributed by atoms with E-state index in [4.69, 9.17) is 19.7 Å². The minimum atomic E-state index is -0.907. The summed E-state index contributed by atoms with van der Waals surface area (Å²) in [6.07, 6.45) is 3.93. The number of carbonyl (C=O) groups excluding carboxylic acids is 1. The molecule has 1 aromatic heterocycles. The van der Waals surface area contributed by atoms with Crippen LogP contribution in [0.3, 0.4) is 0 Å². The van der Waals surface area contributed by atoms with Gasteiger partial charge < -0.3 is 25.0 Å². The van der Waals surface area contributed by atoms with Gasteiger partial charge in [-0.25, -0.2) is 19.6 Å². The second-order valence-corrected chi connectivity index (χ2v) is 11.3. The third-order valence-electron chi connectivity index (χ3n) is 7.29. The maximum Gasteiger partial charge on any atom is 0.407 e. The molecule has 2 N–H and O–H groups in total. The Morgan fingerprint density at radius 2 is 1.95 bits per heavy atom. The van der Waals surface area contributed by atoms with Crippen LogP contribution in [0.4, 0.5) is 16.3 Å². The minimum Gasteiger partial charge on any atom is -0.478 e. The molecule has 10 nitrogen and oxygen atoms in total. The van der Waals surface area contributed by atoms with E-state index < -0.39 is 11.6 Å². The van der Waals surface area contributed by atoms with Crippen molar-refractivity contribution >= 4 is 29.4 Å². The summed E-state index contributed by atoms with van der Waals surface area (Å²) in [5.41, 5.74) is 3.16. The normalized spacial score (nSPS) is 18.2. The highest BCUT2D eigenvalue weighted by Gasteiger charge is 2.34. The summed E-state index contributed by atoms with van der Waals surface area (Å²) in [6.45, 7) is 11.1. The molecule has 0 spiro atoms. The van der Waals surface area contributed by atoms with Crippen LogP contribution in [0.15, 0.2) is 29.4 Å². The molecule has 3 aliphatic rings. The number of benzene rings is 1. The number of aliphatic imine (C=N–C) groups is 1. The Kier molecular flexibility index (Phi) is 6.29. The van der Waals surface area contributed by atoms with E-state index in [-0.39, 0.29) is 11.5 Å². The first-order valence-corrected chi connectivity index (χ1v) is 12.8. The summed E-state index contributed by atoms with van der Waals surface area (Å²) < 4.78 is 5.37. The van der Waals surface area contributed by atoms with Crippen LogP contribution in [0.5, 0.6) is 0 Å². The lowest BCUT2D eigenvalue weighted by Gasteiger charge is -2.40. The van der Waals surface area contributed by atoms with Gasteiger partial charge in [0.2, 0.25) is 0 Å². The first-order chi connectivity index (χ1) is 17.5. The van der Waals surface area contributed by atoms with Gasteiger partial charge in [0.15, 0.2) is 5.84 Å². The molecule has 0 saturated carbocycles. The lowest BCUT2D eigenvalue weighted by molar-refractivity contribution is 0.0495. The number of hydrogen-bond acceptors (Lipinski definition) is 8. The molecule has 1 saturated heterocycles. The number of amidine groups is 1. The Bertz CT molecular complexity index is 1260. The maximum absolute atomic E-state index is 12.1. The first kappa shape index (κ1) is 25.0. The zero-order valence-electron chi connectivity index (χ0n) is 21.9. The van der Waals surface area contributed by atoms with E-state index >= 15 is 0 Å². The van der Waals surface area contributed by atoms with Crippen molar-refractivity contribution in [1.29, 1.82) is 0 Å². The van der Waals surface area contributed by atoms with Gasteiger partial charge in [0.1, 0.15) is 17.1 Å². The molecule has 37 heavy (non-hydrogen) atoms. The molecule has 1 aromatic carbocycles. The standard InChI is InChI=1S/C27H34N6O4/c1-26(2,3)37-25(36)30-16-27(4)9-12-32(13-10-27)21-15-28-22-19(31-21)14-29-23(22)33-11-8-17-18(24(34)35)6-5-7-20(17)33/h5-7,15H,8-14,16H2,1-4H3,(H,30,36)(H,34,35). The second-order valence-electron chi connectivity index (χ2n) is 11.3. The van der Waals surface area contributed by atoms with Crippen molar-refractivity contribution in [2.75, 3.05) is 36.0 Å². The van der Waals surface area contributed by atoms with Crippen LogP contribution in [0.1, 0.15) is 67.8 Å². The summed E-state index contributed by atoms with van der Waals surface area (Å²) in [6, 6.07) is 5.37. The van der Waals surface area contributed by atoms with Gasteiger partial charge in [-0.1, -0.05) is 13.0 Å². The average molecular weight is 507 g/mol. The summed E-state index contributed by atoms with van der Waals surface area (Å²) >= 11 is 0. The number of ether oxygens (including phenoxy) is 1. The van der Waals surface area contributed by atoms with Gasteiger partial charge in [0, 0.05) is 31.9 Å². The van der Waals surface area contributed by atoms with Crippen LogP contribution >= 0.6 is 0 Å². The van der Waals surface area contributed by atoms with E-state index in [0.29, 0.717) is 31.6 Å². The van der Waals surface area contributed by atoms with E-state index in [1.54, 1.807) is 12.1 Å². The highest BCUT2D eigenvalue weighted by Crippen LogP contribution is 2.35. The SMILES string of the molecule is CC1(CNC(=O)OC(C)(C)C)CCN(c2cnc3c(n2)CN=C3N2CCc3c(C(=O)O)cccc32)CC1. The van der Waals surface area contributed by atoms with Crippen LogP contribution in [-0.4, -0.2) is 64.8 Å². The van der Waals surface area contributed by atoms with E-state index in [0.717, 1.165) is 60.2 Å². The van der Waals surface area contributed by atoms with Crippen LogP contribution in [-0.2, 0) is 17.7 Å². The molecule has 0 atom stereocenters. The van der Waals surface area contributed by atoms with E-state index in [1.807, 2.05) is 33.0 Å². The number of piperidine rings is 1. The highest BCUT2D eigenvalue weighted by molar-refractivity contribution is 6.12. The smallest absolute Gasteiger partial charge is 0.407 e. The number of anilines is 2. The van der Waals surface area contributed by atoms with Gasteiger partial charge in [-0.3, -0.25) is 4.99 Å². The quantitative estimate of drug-likeness (QED) is 0.645. The molecule has 1 amide bonds. The molecule has 2 aromatic rings. The van der Waals surface area contributed by atoms with Crippen molar-refractivity contribution in [2.24, 2.45) is 10.4 Å². The third kappa shape index (κ3) is 5.10. The van der Waals surface area contributed by atoms with Crippen molar-refractivity contribution in [3.8, 4) is 0 Å². The highest BCUT2D eigenvalue weighted by atomic mass is 16.6. The monoisotopic (exact) mass is 506 g/mol. The van der Waals surface area contributed by atoms with Crippen LogP contribution in [0, 0.1) is 5.41 Å². The zero-order chi connectivity index (χ0) is 26.4. The van der Waals surface area contributed by atoms with Crippen LogP contribution in [0.25, 0.3) is 0 Å². The maximum atomic E-state index is 12.1. The number of nitrogens with zero attached hydrogens (tertiary/aromatic N) is 5. The fraction of sp³-hybridized carbons (Fsp3) is 0.519. The average Bonchev–Trinajstić information content (AvgIpc) is 3.45. The van der Waals surface area contributed by atoms with Crippen LogP contribution in [0.2, 0.25) is 0 Å². The van der Waals surface area contributed by atoms with Gasteiger partial charge in [-0.05, 0) is 63.1 Å². The molecule has 4 heterocycles. The number of fused-ring (bicyclic) bond motifs is 2. The van der Waals surface area contributed by atoms with Gasteiger partial charge >= 0.3 is 12.1 Å². The molecule has 0 radical (unpaired) electrons. The summed E-state index contributed by atoms with van der Waals surface area (Å²) in [5.74, 6) is 0.692. The molecule has 196 valence electrons. The molecular weight excluding hydrogens is 472 g/mol. The second kappa shape index (κ2) is 9.32. The first-order valence-electron chi connectivity index (χ1n) is 12.8. The Morgan fingerprint density at radius 3 is 2.65 bits per heavy atom. The van der Waals surface area contributed by atoms with Crippen molar-refractivity contribution in [2.45, 2.75) is 59.1 Å². The summed E-state index contributed by atoms with van der Waals surface area (Å²) in [4.78, 5) is 42.4. The molecule has 5 rings (SSSR count). The predicted octanol–water partition coefficient (Wildman–Crippen LogP) is 3.63. The van der Waals surface area contributed by atoms with E-state index in [2.05, 4.69) is 22.0 Å². The lowest BCUT2D eigenvalue weighted by atomic mass is 9.80. The van der Waals surface area contributed by atoms with Gasteiger partial charge in [-0.15, -0.1) is 0 Å². The molecule has 0 bridgehead atoms. The summed E-state index contributed by atoms with van der Waals surface area (Å²) in [7, 11) is 0. The largest absolute Gasteiger partial charge is 0.478 e. The predicted molar refractivity (Wildman–Crippen MR) is 141 cm³/mol. The number of carbonyl (C=O) groups is 2. The van der Waals surface area contributed by atoms with Crippen molar-refractivity contribution in [3.05, 3.63) is 46.9 Å². The fourth-order valence-electron chi connectivity index (χ4n) is 5.21. The Hall–Kier alpha value is -3.69. The number of alkyl carbamates (subject to hydrolysis) is 1. The third-order valence-corrected chi connectivity index (χ3v) is 7.29. The Labute approximate surface area is 216 Å². The van der Waals surface area contributed by atoms with Gasteiger partial charge in [0.05, 0.1) is 24.0 Å². The number of hydrogen-bond donors (Lipinski definition) is 2. The molecule has 10 heteroatoms. The van der Waals surface area contributed by atoms with E-state index in [1.165, 1.54) is 0 Å². The van der Waals surface area contributed by atoms with Crippen molar-refractivity contribution in [3.63, 3.8) is 0 Å². The Balaban J connectivity index is 1.23. The van der Waals surface area contributed by atoms with Gasteiger partial charge in [0.25, 0.3) is 0 Å². The molecule has 0 unspecified atom stereocenters. The number of carboxylic acids is 1. The zero-order valence-corrected chi connectivity index (χ0v) is 21.9. The number of carboxylic acid groups (broad SMARTS) is 1. The molecular formula is C27H34N6O4. The molecule has 3 aliphatic heterocycles. The minimum absolute atomic E-state index is 0.00814. The lowest BCUT2D eigenvalue weighted by Crippen LogP contribution is -2.46. The topological polar surface area (TPSA) is 120 Å².